The monoisotopic (exact) mass is 314 g/mol. The Labute approximate surface area is 135 Å². The van der Waals surface area contributed by atoms with Crippen LogP contribution in [0.5, 0.6) is 5.75 Å². The number of hydrogen-bond acceptors (Lipinski definition) is 2. The summed E-state index contributed by atoms with van der Waals surface area (Å²) in [4.78, 5) is 15.8. The molecule has 1 unspecified atom stereocenters. The third-order valence-corrected chi connectivity index (χ3v) is 4.11. The molecule has 0 saturated carbocycles. The molecule has 0 fully saturated rings. The Kier molecular flexibility index (Phi) is 3.94. The fourth-order valence-electron chi connectivity index (χ4n) is 2.99. The molecule has 0 aliphatic carbocycles. The van der Waals surface area contributed by atoms with E-state index in [9.17, 15) is 9.18 Å². The van der Waals surface area contributed by atoms with Gasteiger partial charge in [0, 0.05) is 20.6 Å². The lowest BCUT2D eigenvalue weighted by atomic mass is 9.98. The molecule has 2 aromatic rings. The van der Waals surface area contributed by atoms with Crippen LogP contribution in [0.25, 0.3) is 0 Å². The van der Waals surface area contributed by atoms with Gasteiger partial charge in [-0.05, 0) is 41.0 Å². The number of carbonyl (C=O) groups excluding carboxylic acids is 1. The van der Waals surface area contributed by atoms with E-state index in [2.05, 4.69) is 0 Å². The lowest BCUT2D eigenvalue weighted by Gasteiger charge is -2.28. The first-order valence-electron chi connectivity index (χ1n) is 7.41. The number of methoxy groups -OCH3 is 1. The summed E-state index contributed by atoms with van der Waals surface area (Å²) >= 11 is 0. The SMILES string of the molecule is COc1ccc(C2c3cc(F)ccc3CN2C(=O)N(C)C)cc1. The molecule has 2 aromatic carbocycles. The molecule has 1 heterocycles. The van der Waals surface area contributed by atoms with Crippen molar-refractivity contribution in [2.45, 2.75) is 12.6 Å². The number of ether oxygens (including phenoxy) is 1. The average molecular weight is 314 g/mol. The first kappa shape index (κ1) is 15.3. The van der Waals surface area contributed by atoms with Crippen molar-refractivity contribution in [2.24, 2.45) is 0 Å². The summed E-state index contributed by atoms with van der Waals surface area (Å²) in [6, 6.07) is 11.9. The summed E-state index contributed by atoms with van der Waals surface area (Å²) in [6.07, 6.45) is 0. The van der Waals surface area contributed by atoms with E-state index < -0.39 is 0 Å². The van der Waals surface area contributed by atoms with Gasteiger partial charge in [0.2, 0.25) is 0 Å². The van der Waals surface area contributed by atoms with Gasteiger partial charge in [-0.15, -0.1) is 0 Å². The number of halogens is 1. The highest BCUT2D eigenvalue weighted by molar-refractivity contribution is 5.76. The Morgan fingerprint density at radius 1 is 1.22 bits per heavy atom. The lowest BCUT2D eigenvalue weighted by molar-refractivity contribution is 0.162. The first-order valence-corrected chi connectivity index (χ1v) is 7.41. The van der Waals surface area contributed by atoms with Gasteiger partial charge in [-0.1, -0.05) is 18.2 Å². The average Bonchev–Trinajstić information content (AvgIpc) is 2.92. The van der Waals surface area contributed by atoms with E-state index in [4.69, 9.17) is 4.74 Å². The van der Waals surface area contributed by atoms with Crippen molar-refractivity contribution in [3.8, 4) is 5.75 Å². The van der Waals surface area contributed by atoms with Gasteiger partial charge in [0.1, 0.15) is 11.6 Å². The van der Waals surface area contributed by atoms with Gasteiger partial charge < -0.3 is 14.5 Å². The van der Waals surface area contributed by atoms with Crippen LogP contribution >= 0.6 is 0 Å². The van der Waals surface area contributed by atoms with Crippen LogP contribution in [0.3, 0.4) is 0 Å². The van der Waals surface area contributed by atoms with Gasteiger partial charge in [-0.3, -0.25) is 0 Å². The lowest BCUT2D eigenvalue weighted by Crippen LogP contribution is -2.38. The zero-order valence-corrected chi connectivity index (χ0v) is 13.4. The number of hydrogen-bond donors (Lipinski definition) is 0. The Hall–Kier alpha value is -2.56. The van der Waals surface area contributed by atoms with E-state index in [0.29, 0.717) is 6.54 Å². The molecule has 1 aliphatic rings. The van der Waals surface area contributed by atoms with E-state index in [1.165, 1.54) is 12.1 Å². The second-order valence-electron chi connectivity index (χ2n) is 5.82. The van der Waals surface area contributed by atoms with Crippen molar-refractivity contribution >= 4 is 6.03 Å². The Balaban J connectivity index is 2.07. The third kappa shape index (κ3) is 2.74. The summed E-state index contributed by atoms with van der Waals surface area (Å²) in [5.74, 6) is 0.457. The van der Waals surface area contributed by atoms with Crippen molar-refractivity contribution in [1.82, 2.24) is 9.80 Å². The number of carbonyl (C=O) groups is 1. The summed E-state index contributed by atoms with van der Waals surface area (Å²) in [6.45, 7) is 0.476. The van der Waals surface area contributed by atoms with Gasteiger partial charge in [-0.25, -0.2) is 9.18 Å². The Morgan fingerprint density at radius 3 is 2.52 bits per heavy atom. The van der Waals surface area contributed by atoms with Crippen LogP contribution in [0.1, 0.15) is 22.7 Å². The van der Waals surface area contributed by atoms with E-state index in [1.54, 1.807) is 37.1 Å². The van der Waals surface area contributed by atoms with E-state index >= 15 is 0 Å². The van der Waals surface area contributed by atoms with Crippen molar-refractivity contribution < 1.29 is 13.9 Å². The van der Waals surface area contributed by atoms with Crippen LogP contribution in [0.2, 0.25) is 0 Å². The topological polar surface area (TPSA) is 32.8 Å². The minimum Gasteiger partial charge on any atom is -0.497 e. The maximum atomic E-state index is 13.7. The Morgan fingerprint density at radius 2 is 1.91 bits per heavy atom. The number of nitrogens with zero attached hydrogens (tertiary/aromatic N) is 2. The van der Waals surface area contributed by atoms with Crippen molar-refractivity contribution in [1.29, 1.82) is 0 Å². The van der Waals surface area contributed by atoms with E-state index in [-0.39, 0.29) is 17.9 Å². The fraction of sp³-hybridized carbons (Fsp3) is 0.278. The van der Waals surface area contributed by atoms with Gasteiger partial charge in [0.05, 0.1) is 13.2 Å². The molecule has 1 aliphatic heterocycles. The predicted molar refractivity (Wildman–Crippen MR) is 85.9 cm³/mol. The van der Waals surface area contributed by atoms with Crippen molar-refractivity contribution in [2.75, 3.05) is 21.2 Å². The quantitative estimate of drug-likeness (QED) is 0.851. The van der Waals surface area contributed by atoms with Crippen LogP contribution in [0.15, 0.2) is 42.5 Å². The van der Waals surface area contributed by atoms with E-state index in [1.807, 2.05) is 24.3 Å². The third-order valence-electron chi connectivity index (χ3n) is 4.11. The standard InChI is InChI=1S/C18H19FN2O2/c1-20(2)18(22)21-11-13-4-7-14(19)10-16(13)17(21)12-5-8-15(23-3)9-6-12/h4-10,17H,11H2,1-3H3. The molecule has 0 saturated heterocycles. The molecule has 5 heteroatoms. The molecule has 1 atom stereocenters. The maximum Gasteiger partial charge on any atom is 0.320 e. The predicted octanol–water partition coefficient (Wildman–Crippen LogP) is 3.42. The minimum absolute atomic E-state index is 0.0950. The molecular weight excluding hydrogens is 295 g/mol. The molecule has 0 aromatic heterocycles. The zero-order chi connectivity index (χ0) is 16.6. The summed E-state index contributed by atoms with van der Waals surface area (Å²) in [5.41, 5.74) is 2.75. The van der Waals surface area contributed by atoms with Gasteiger partial charge in [0.25, 0.3) is 0 Å². The Bertz CT molecular complexity index is 728. The second kappa shape index (κ2) is 5.91. The van der Waals surface area contributed by atoms with Crippen LogP contribution in [0, 0.1) is 5.82 Å². The van der Waals surface area contributed by atoms with Crippen LogP contribution in [-0.4, -0.2) is 37.0 Å². The van der Waals surface area contributed by atoms with Crippen LogP contribution in [0.4, 0.5) is 9.18 Å². The number of amides is 2. The van der Waals surface area contributed by atoms with Gasteiger partial charge >= 0.3 is 6.03 Å². The number of rotatable bonds is 2. The molecular formula is C18H19FN2O2. The summed E-state index contributed by atoms with van der Waals surface area (Å²) in [5, 5.41) is 0. The zero-order valence-electron chi connectivity index (χ0n) is 13.4. The minimum atomic E-state index is -0.290. The largest absolute Gasteiger partial charge is 0.497 e. The van der Waals surface area contributed by atoms with Crippen LogP contribution < -0.4 is 4.74 Å². The molecule has 3 rings (SSSR count). The van der Waals surface area contributed by atoms with Gasteiger partial charge in [-0.2, -0.15) is 0 Å². The van der Waals surface area contributed by atoms with Crippen LogP contribution in [-0.2, 0) is 6.54 Å². The molecule has 120 valence electrons. The molecule has 4 nitrogen and oxygen atoms in total. The van der Waals surface area contributed by atoms with Gasteiger partial charge in [0.15, 0.2) is 0 Å². The summed E-state index contributed by atoms with van der Waals surface area (Å²) in [7, 11) is 5.05. The molecule has 0 spiro atoms. The number of urea groups is 1. The normalized spacial score (nSPS) is 16.2. The smallest absolute Gasteiger partial charge is 0.320 e. The highest BCUT2D eigenvalue weighted by atomic mass is 19.1. The van der Waals surface area contributed by atoms with Crippen molar-refractivity contribution in [3.05, 3.63) is 65.0 Å². The highest BCUT2D eigenvalue weighted by Crippen LogP contribution is 2.39. The summed E-state index contributed by atoms with van der Waals surface area (Å²) < 4.78 is 18.9. The molecule has 0 bridgehead atoms. The number of fused-ring (bicyclic) bond motifs is 1. The van der Waals surface area contributed by atoms with Crippen molar-refractivity contribution in [3.63, 3.8) is 0 Å². The number of benzene rings is 2. The fourth-order valence-corrected chi connectivity index (χ4v) is 2.99. The molecule has 0 radical (unpaired) electrons. The highest BCUT2D eigenvalue weighted by Gasteiger charge is 2.35. The first-order chi connectivity index (χ1) is 11.0. The molecule has 23 heavy (non-hydrogen) atoms. The second-order valence-corrected chi connectivity index (χ2v) is 5.82. The molecule has 2 amide bonds. The van der Waals surface area contributed by atoms with E-state index in [0.717, 1.165) is 22.4 Å². The maximum absolute atomic E-state index is 13.7. The molecule has 0 N–H and O–H groups in total.